The van der Waals surface area contributed by atoms with E-state index in [4.69, 9.17) is 4.98 Å². The number of hydrogen-bond acceptors (Lipinski definition) is 5. The number of rotatable bonds is 7. The van der Waals surface area contributed by atoms with Crippen molar-refractivity contribution in [2.45, 2.75) is 56.8 Å². The number of halogens is 3. The molecule has 1 saturated carbocycles. The Balaban J connectivity index is 1.26. The number of carbonyl (C=O) groups is 1. The van der Waals surface area contributed by atoms with Crippen molar-refractivity contribution in [1.82, 2.24) is 20.2 Å². The predicted octanol–water partition coefficient (Wildman–Crippen LogP) is 7.19. The molecule has 2 N–H and O–H groups in total. The summed E-state index contributed by atoms with van der Waals surface area (Å²) in [5, 5.41) is 7.30. The largest absolute Gasteiger partial charge is 0.416 e. The average Bonchev–Trinajstić information content (AvgIpc) is 3.83. The lowest BCUT2D eigenvalue weighted by molar-refractivity contribution is -0.137. The number of piperidine rings is 1. The molecule has 4 aromatic rings. The van der Waals surface area contributed by atoms with Gasteiger partial charge in [0.25, 0.3) is 5.91 Å². The zero-order valence-electron chi connectivity index (χ0n) is 23.7. The molecule has 0 spiro atoms. The van der Waals surface area contributed by atoms with Crippen LogP contribution < -0.4 is 10.6 Å². The van der Waals surface area contributed by atoms with Gasteiger partial charge in [-0.3, -0.25) is 4.79 Å². The van der Waals surface area contributed by atoms with Crippen LogP contribution in [0.15, 0.2) is 66.9 Å². The van der Waals surface area contributed by atoms with Gasteiger partial charge < -0.3 is 15.5 Å². The maximum Gasteiger partial charge on any atom is 0.416 e. The first-order valence-electron chi connectivity index (χ1n) is 14.5. The number of carbonyl (C=O) groups excluding carboxylic acids is 1. The Morgan fingerprint density at radius 2 is 1.79 bits per heavy atom. The van der Waals surface area contributed by atoms with Gasteiger partial charge in [-0.05, 0) is 111 Å². The molecule has 9 heteroatoms. The summed E-state index contributed by atoms with van der Waals surface area (Å²) in [6.45, 7) is 3.77. The highest BCUT2D eigenvalue weighted by Gasteiger charge is 2.31. The second-order valence-electron chi connectivity index (χ2n) is 11.6. The monoisotopic (exact) mass is 573 g/mol. The van der Waals surface area contributed by atoms with Crippen LogP contribution in [0.25, 0.3) is 22.0 Å². The molecule has 0 radical (unpaired) electrons. The molecule has 1 aromatic heterocycles. The van der Waals surface area contributed by atoms with E-state index in [1.165, 1.54) is 11.6 Å². The maximum atomic E-state index is 13.3. The number of anilines is 1. The third-order valence-electron chi connectivity index (χ3n) is 8.34. The van der Waals surface area contributed by atoms with Gasteiger partial charge in [0, 0.05) is 23.2 Å². The molecular weight excluding hydrogens is 539 g/mol. The molecule has 3 aromatic carbocycles. The van der Waals surface area contributed by atoms with Crippen LogP contribution in [0.2, 0.25) is 0 Å². The topological polar surface area (TPSA) is 70.2 Å². The number of fused-ring (bicyclic) bond motifs is 1. The highest BCUT2D eigenvalue weighted by molar-refractivity contribution is 5.96. The van der Waals surface area contributed by atoms with E-state index in [1.54, 1.807) is 19.1 Å². The van der Waals surface area contributed by atoms with Crippen molar-refractivity contribution in [3.8, 4) is 11.1 Å². The van der Waals surface area contributed by atoms with E-state index >= 15 is 0 Å². The summed E-state index contributed by atoms with van der Waals surface area (Å²) in [6, 6.07) is 16.6. The van der Waals surface area contributed by atoms with Crippen molar-refractivity contribution in [2.75, 3.05) is 25.5 Å². The fraction of sp³-hybridized carbons (Fsp3) is 0.364. The van der Waals surface area contributed by atoms with E-state index in [0.29, 0.717) is 29.0 Å². The number of alkyl halides is 3. The van der Waals surface area contributed by atoms with Gasteiger partial charge in [-0.15, -0.1) is 0 Å². The van der Waals surface area contributed by atoms with Crippen LogP contribution in [0, 0.1) is 0 Å². The number of amides is 1. The van der Waals surface area contributed by atoms with Gasteiger partial charge in [0.2, 0.25) is 5.95 Å². The van der Waals surface area contributed by atoms with Crippen molar-refractivity contribution in [3.05, 3.63) is 89.1 Å². The third-order valence-corrected chi connectivity index (χ3v) is 8.34. The van der Waals surface area contributed by atoms with Gasteiger partial charge in [0.05, 0.1) is 17.1 Å². The molecule has 1 amide bonds. The minimum Gasteiger partial charge on any atom is -0.351 e. The first kappa shape index (κ1) is 28.2. The molecule has 2 fully saturated rings. The molecule has 6 nitrogen and oxygen atoms in total. The Morgan fingerprint density at radius 3 is 2.52 bits per heavy atom. The Labute approximate surface area is 243 Å². The van der Waals surface area contributed by atoms with E-state index in [-0.39, 0.29) is 5.91 Å². The molecule has 1 unspecified atom stereocenters. The Morgan fingerprint density at radius 1 is 1.00 bits per heavy atom. The number of aromatic nitrogens is 2. The van der Waals surface area contributed by atoms with Gasteiger partial charge in [0.15, 0.2) is 0 Å². The summed E-state index contributed by atoms with van der Waals surface area (Å²) in [5.74, 6) is 0.730. The summed E-state index contributed by atoms with van der Waals surface area (Å²) in [4.78, 5) is 25.0. The molecule has 2 heterocycles. The summed E-state index contributed by atoms with van der Waals surface area (Å²) < 4.78 is 39.6. The lowest BCUT2D eigenvalue weighted by Gasteiger charge is -2.29. The highest BCUT2D eigenvalue weighted by atomic mass is 19.4. The number of nitrogens with zero attached hydrogens (tertiary/aromatic N) is 3. The lowest BCUT2D eigenvalue weighted by Crippen LogP contribution is -2.37. The van der Waals surface area contributed by atoms with Crippen LogP contribution in [0.4, 0.5) is 19.1 Å². The normalized spacial score (nSPS) is 17.3. The summed E-state index contributed by atoms with van der Waals surface area (Å²) in [7, 11) is 2.13. The predicted molar refractivity (Wildman–Crippen MR) is 158 cm³/mol. The molecule has 1 saturated heterocycles. The van der Waals surface area contributed by atoms with E-state index in [1.807, 2.05) is 36.5 Å². The van der Waals surface area contributed by atoms with E-state index in [2.05, 4.69) is 27.6 Å². The first-order valence-corrected chi connectivity index (χ1v) is 14.5. The van der Waals surface area contributed by atoms with Gasteiger partial charge >= 0.3 is 6.18 Å². The first-order chi connectivity index (χ1) is 20.1. The quantitative estimate of drug-likeness (QED) is 0.245. The van der Waals surface area contributed by atoms with E-state index in [9.17, 15) is 18.0 Å². The van der Waals surface area contributed by atoms with Crippen LogP contribution in [-0.4, -0.2) is 47.0 Å². The molecule has 1 aliphatic heterocycles. The summed E-state index contributed by atoms with van der Waals surface area (Å²) in [6.07, 6.45) is 1.69. The van der Waals surface area contributed by atoms with Crippen molar-refractivity contribution in [3.63, 3.8) is 0 Å². The van der Waals surface area contributed by atoms with Crippen molar-refractivity contribution < 1.29 is 18.0 Å². The second kappa shape index (κ2) is 11.4. The van der Waals surface area contributed by atoms with Crippen LogP contribution >= 0.6 is 0 Å². The number of benzene rings is 3. The van der Waals surface area contributed by atoms with E-state index < -0.39 is 17.8 Å². The molecule has 42 heavy (non-hydrogen) atoms. The van der Waals surface area contributed by atoms with Gasteiger partial charge in [-0.1, -0.05) is 30.3 Å². The Hall–Kier alpha value is -3.98. The van der Waals surface area contributed by atoms with Crippen molar-refractivity contribution >= 4 is 22.8 Å². The number of likely N-dealkylation sites (tertiary alicyclic amines) is 1. The second-order valence-corrected chi connectivity index (χ2v) is 11.6. The third kappa shape index (κ3) is 6.26. The molecule has 0 bridgehead atoms. The minimum atomic E-state index is -4.44. The summed E-state index contributed by atoms with van der Waals surface area (Å²) >= 11 is 0. The van der Waals surface area contributed by atoms with Crippen LogP contribution in [0.1, 0.15) is 71.6 Å². The Bertz CT molecular complexity index is 1610. The molecule has 1 atom stereocenters. The highest BCUT2D eigenvalue weighted by Crippen LogP contribution is 2.45. The van der Waals surface area contributed by atoms with Crippen molar-refractivity contribution in [1.29, 1.82) is 0 Å². The average molecular weight is 574 g/mol. The maximum absolute atomic E-state index is 13.3. The summed E-state index contributed by atoms with van der Waals surface area (Å²) in [5.41, 5.74) is 4.08. The van der Waals surface area contributed by atoms with Crippen LogP contribution in [0.5, 0.6) is 0 Å². The van der Waals surface area contributed by atoms with Gasteiger partial charge in [-0.25, -0.2) is 9.97 Å². The smallest absolute Gasteiger partial charge is 0.351 e. The molecular formula is C33H34F3N5O. The SMILES string of the molecule is CC(NC(=O)c1ccc(C2CC2)c(-c2ccc3cnc(NC4CCN(C)CC4)nc3c2)c1)c1cccc(C(F)(F)F)c1. The molecule has 1 aliphatic carbocycles. The standard InChI is InChI=1S/C33H34F3N5O/c1-20(22-4-3-5-26(16-22)33(34,35)36)38-31(42)24-10-11-28(21-6-7-21)29(17-24)23-8-9-25-19-37-32(40-30(25)18-23)39-27-12-14-41(2)15-13-27/h3-5,8-11,16-21,27H,6-7,12-15H2,1-2H3,(H,38,42)(H,37,39,40). The fourth-order valence-corrected chi connectivity index (χ4v) is 5.64. The number of nitrogens with one attached hydrogen (secondary N) is 2. The van der Waals surface area contributed by atoms with Gasteiger partial charge in [0.1, 0.15) is 0 Å². The lowest BCUT2D eigenvalue weighted by atomic mass is 9.93. The zero-order chi connectivity index (χ0) is 29.4. The minimum absolute atomic E-state index is 0.337. The van der Waals surface area contributed by atoms with Crippen molar-refractivity contribution in [2.24, 2.45) is 0 Å². The van der Waals surface area contributed by atoms with Gasteiger partial charge in [-0.2, -0.15) is 13.2 Å². The molecule has 2 aliphatic rings. The molecule has 218 valence electrons. The zero-order valence-corrected chi connectivity index (χ0v) is 23.7. The van der Waals surface area contributed by atoms with E-state index in [0.717, 1.165) is 72.9 Å². The molecule has 6 rings (SSSR count). The Kier molecular flexibility index (Phi) is 7.62. The van der Waals surface area contributed by atoms with Crippen LogP contribution in [0.3, 0.4) is 0 Å². The number of hydrogen-bond donors (Lipinski definition) is 2. The van der Waals surface area contributed by atoms with Crippen LogP contribution in [-0.2, 0) is 6.18 Å². The fourth-order valence-electron chi connectivity index (χ4n) is 5.64.